The van der Waals surface area contributed by atoms with Crippen LogP contribution in [-0.4, -0.2) is 145 Å². The van der Waals surface area contributed by atoms with Crippen LogP contribution in [0.3, 0.4) is 0 Å². The minimum Gasteiger partial charge on any atom is -0.350 e. The van der Waals surface area contributed by atoms with Gasteiger partial charge in [-0.25, -0.2) is 4.39 Å². The molecule has 1 saturated carbocycles. The van der Waals surface area contributed by atoms with Gasteiger partial charge in [0.25, 0.3) is 0 Å². The average Bonchev–Trinajstić information content (AvgIpc) is 3.64. The van der Waals surface area contributed by atoms with Gasteiger partial charge in [0.05, 0.1) is 29.7 Å². The van der Waals surface area contributed by atoms with Crippen molar-refractivity contribution in [3.63, 3.8) is 0 Å². The lowest BCUT2D eigenvalue weighted by Gasteiger charge is -2.48. The number of piperazine rings is 1. The second kappa shape index (κ2) is 13.5. The zero-order chi connectivity index (χ0) is 29.4. The molecule has 2 bridgehead atoms. The van der Waals surface area contributed by atoms with Gasteiger partial charge in [-0.05, 0) is 45.2 Å². The highest BCUT2D eigenvalue weighted by Crippen LogP contribution is 2.31. The summed E-state index contributed by atoms with van der Waals surface area (Å²) in [7, 11) is 0. The van der Waals surface area contributed by atoms with E-state index in [9.17, 15) is 14.0 Å². The van der Waals surface area contributed by atoms with Crippen LogP contribution < -0.4 is 27.4 Å². The van der Waals surface area contributed by atoms with Crippen molar-refractivity contribution in [3.05, 3.63) is 0 Å². The monoisotopic (exact) mass is 611 g/mol. The maximum absolute atomic E-state index is 14.5. The molecule has 0 spiro atoms. The molecule has 2 amide bonds. The van der Waals surface area contributed by atoms with Gasteiger partial charge in [0.1, 0.15) is 6.17 Å². The minimum absolute atomic E-state index is 0.0508. The van der Waals surface area contributed by atoms with E-state index in [4.69, 9.17) is 23.1 Å². The molecule has 13 heteroatoms. The maximum Gasteiger partial charge on any atom is 0.229 e. The van der Waals surface area contributed by atoms with Crippen LogP contribution in [0.4, 0.5) is 4.39 Å². The number of nitrogens with two attached hydrogens (primary N) is 2. The summed E-state index contributed by atoms with van der Waals surface area (Å²) in [4.78, 5) is 36.5. The van der Waals surface area contributed by atoms with E-state index in [0.717, 1.165) is 84.2 Å². The lowest BCUT2D eigenvalue weighted by molar-refractivity contribution is -0.140. The molecular weight excluding hydrogens is 561 g/mol. The van der Waals surface area contributed by atoms with E-state index in [2.05, 4.69) is 35.6 Å². The highest BCUT2D eigenvalue weighted by molar-refractivity contribution is 6.21. The minimum atomic E-state index is -0.985. The third kappa shape index (κ3) is 6.47. The number of alkyl halides is 2. The molecule has 11 nitrogen and oxygen atoms in total. The van der Waals surface area contributed by atoms with E-state index in [0.29, 0.717) is 31.6 Å². The van der Waals surface area contributed by atoms with Crippen molar-refractivity contribution in [2.45, 2.75) is 93.0 Å². The molecule has 5 saturated heterocycles. The molecule has 0 aromatic heterocycles. The summed E-state index contributed by atoms with van der Waals surface area (Å²) in [5.74, 6) is -0.573. The second-order valence-electron chi connectivity index (χ2n) is 13.6. The standard InChI is InChI=1S/C29H51ClFN9O2/c30-22-14-34-15-23(25(22)38-9-5-18(6-10-38)29(42)39-12-11-37-8-7-21(39)17-37)36-28(41)24(26(32)33)27-35-13-19(31)16-40(27)20-3-1-2-4-20/h18-27,34-35H,1-17,32-33H2,(H,36,41). The summed E-state index contributed by atoms with van der Waals surface area (Å²) in [5, 5.41) is 9.73. The molecule has 1 aliphatic carbocycles. The first kappa shape index (κ1) is 30.9. The number of amides is 2. The molecule has 7 N–H and O–H groups in total. The van der Waals surface area contributed by atoms with Gasteiger partial charge < -0.3 is 27.0 Å². The van der Waals surface area contributed by atoms with Crippen LogP contribution in [-0.2, 0) is 9.59 Å². The number of hydrogen-bond acceptors (Lipinski definition) is 9. The predicted octanol–water partition coefficient (Wildman–Crippen LogP) is -0.949. The Morgan fingerprint density at radius 2 is 1.67 bits per heavy atom. The largest absolute Gasteiger partial charge is 0.350 e. The molecule has 0 aromatic carbocycles. The zero-order valence-electron chi connectivity index (χ0n) is 24.8. The van der Waals surface area contributed by atoms with E-state index >= 15 is 0 Å². The Kier molecular flexibility index (Phi) is 9.91. The number of nitrogens with zero attached hydrogens (tertiary/aromatic N) is 4. The van der Waals surface area contributed by atoms with Gasteiger partial charge in [0.2, 0.25) is 11.8 Å². The van der Waals surface area contributed by atoms with Crippen LogP contribution >= 0.6 is 11.6 Å². The fourth-order valence-electron chi connectivity index (χ4n) is 8.69. The molecule has 5 heterocycles. The molecule has 8 unspecified atom stereocenters. The Labute approximate surface area is 254 Å². The van der Waals surface area contributed by atoms with Crippen LogP contribution in [0.2, 0.25) is 0 Å². The summed E-state index contributed by atoms with van der Waals surface area (Å²) >= 11 is 6.93. The quantitative estimate of drug-likeness (QED) is 0.182. The lowest BCUT2D eigenvalue weighted by Crippen LogP contribution is -2.70. The Morgan fingerprint density at radius 3 is 2.40 bits per heavy atom. The molecule has 238 valence electrons. The first-order valence-electron chi connectivity index (χ1n) is 16.4. The predicted molar refractivity (Wildman–Crippen MR) is 160 cm³/mol. The summed E-state index contributed by atoms with van der Waals surface area (Å²) in [5.41, 5.74) is 12.5. The Hall–Kier alpha value is -1.12. The highest BCUT2D eigenvalue weighted by atomic mass is 35.5. The Bertz CT molecular complexity index is 950. The zero-order valence-corrected chi connectivity index (χ0v) is 25.6. The number of nitrogens with one attached hydrogen (secondary N) is 3. The summed E-state index contributed by atoms with van der Waals surface area (Å²) in [6, 6.07) is 0.307. The van der Waals surface area contributed by atoms with E-state index in [-0.39, 0.29) is 41.9 Å². The molecule has 6 fully saturated rings. The Morgan fingerprint density at radius 1 is 0.905 bits per heavy atom. The van der Waals surface area contributed by atoms with Crippen molar-refractivity contribution in [1.29, 1.82) is 0 Å². The van der Waals surface area contributed by atoms with Crippen LogP contribution in [0.25, 0.3) is 0 Å². The van der Waals surface area contributed by atoms with Crippen molar-refractivity contribution < 1.29 is 14.0 Å². The molecule has 5 aliphatic heterocycles. The number of rotatable bonds is 7. The van der Waals surface area contributed by atoms with Crippen molar-refractivity contribution in [2.24, 2.45) is 23.3 Å². The summed E-state index contributed by atoms with van der Waals surface area (Å²) in [6.07, 6.45) is 4.63. The molecule has 8 atom stereocenters. The Balaban J connectivity index is 1.10. The van der Waals surface area contributed by atoms with Gasteiger partial charge in [-0.2, -0.15) is 0 Å². The first-order valence-corrected chi connectivity index (χ1v) is 16.8. The number of halogens is 2. The highest BCUT2D eigenvalue weighted by Gasteiger charge is 2.46. The molecule has 6 aliphatic rings. The van der Waals surface area contributed by atoms with Crippen LogP contribution in [0.1, 0.15) is 44.9 Å². The molecule has 6 rings (SSSR count). The van der Waals surface area contributed by atoms with E-state index in [1.807, 2.05) is 0 Å². The van der Waals surface area contributed by atoms with Gasteiger partial charge in [0.15, 0.2) is 0 Å². The van der Waals surface area contributed by atoms with Crippen LogP contribution in [0.5, 0.6) is 0 Å². The topological polar surface area (TPSA) is 135 Å². The maximum atomic E-state index is 14.5. The van der Waals surface area contributed by atoms with Crippen molar-refractivity contribution >= 4 is 23.4 Å². The second-order valence-corrected chi connectivity index (χ2v) is 14.1. The fraction of sp³-hybridized carbons (Fsp3) is 0.931. The van der Waals surface area contributed by atoms with Gasteiger partial charge in [-0.1, -0.05) is 12.8 Å². The smallest absolute Gasteiger partial charge is 0.229 e. The van der Waals surface area contributed by atoms with Gasteiger partial charge in [-0.15, -0.1) is 11.6 Å². The number of fused-ring (bicyclic) bond motifs is 2. The van der Waals surface area contributed by atoms with E-state index in [1.165, 1.54) is 0 Å². The number of hydrogen-bond donors (Lipinski definition) is 5. The van der Waals surface area contributed by atoms with E-state index in [1.54, 1.807) is 0 Å². The first-order chi connectivity index (χ1) is 20.3. The van der Waals surface area contributed by atoms with Gasteiger partial charge >= 0.3 is 0 Å². The van der Waals surface area contributed by atoms with Crippen molar-refractivity contribution in [2.75, 3.05) is 65.4 Å². The number of piperidine rings is 2. The SMILES string of the molecule is NC(N)C(C(=O)NC1CNCC(Cl)C1N1CCC(C(=O)N2CCN3CCC2C3)CC1)C1NCC(F)CN1C1CCCC1. The summed E-state index contributed by atoms with van der Waals surface area (Å²) < 4.78 is 14.5. The number of carbonyl (C=O) groups is 2. The third-order valence-electron chi connectivity index (χ3n) is 10.9. The summed E-state index contributed by atoms with van der Waals surface area (Å²) in [6.45, 7) is 7.24. The normalized spacial score (nSPS) is 38.2. The van der Waals surface area contributed by atoms with Gasteiger partial charge in [-0.3, -0.25) is 29.6 Å². The third-order valence-corrected chi connectivity index (χ3v) is 11.3. The average molecular weight is 612 g/mol. The molecule has 0 aromatic rings. The van der Waals surface area contributed by atoms with Crippen molar-refractivity contribution in [3.8, 4) is 0 Å². The number of carbonyl (C=O) groups excluding carboxylic acids is 2. The van der Waals surface area contributed by atoms with Crippen molar-refractivity contribution in [1.82, 2.24) is 35.6 Å². The number of likely N-dealkylation sites (tertiary alicyclic amines) is 1. The van der Waals surface area contributed by atoms with Crippen LogP contribution in [0, 0.1) is 11.8 Å². The van der Waals surface area contributed by atoms with E-state index < -0.39 is 24.4 Å². The molecule has 0 radical (unpaired) electrons. The fourth-order valence-corrected chi connectivity index (χ4v) is 9.13. The van der Waals surface area contributed by atoms with Crippen LogP contribution in [0.15, 0.2) is 0 Å². The van der Waals surface area contributed by atoms with Gasteiger partial charge in [0, 0.05) is 76.4 Å². The molecule has 42 heavy (non-hydrogen) atoms. The molecular formula is C29H51ClFN9O2. The lowest BCUT2D eigenvalue weighted by atomic mass is 9.89.